The Balaban J connectivity index is 2.36. The molecule has 1 atom stereocenters. The highest BCUT2D eigenvalue weighted by Gasteiger charge is 2.35. The van der Waals surface area contributed by atoms with Crippen LogP contribution in [0.2, 0.25) is 0 Å². The van der Waals surface area contributed by atoms with Crippen molar-refractivity contribution in [3.8, 4) is 0 Å². The van der Waals surface area contributed by atoms with Gasteiger partial charge in [0.15, 0.2) is 0 Å². The molecular weight excluding hydrogens is 287 g/mol. The summed E-state index contributed by atoms with van der Waals surface area (Å²) in [5.74, 6) is -5.28. The molecule has 114 valence electrons. The molecule has 1 aliphatic rings. The van der Waals surface area contributed by atoms with E-state index in [2.05, 4.69) is 4.74 Å². The lowest BCUT2D eigenvalue weighted by atomic mass is 10.0. The molecule has 21 heavy (non-hydrogen) atoms. The summed E-state index contributed by atoms with van der Waals surface area (Å²) in [5.41, 5.74) is -0.854. The van der Waals surface area contributed by atoms with E-state index in [0.29, 0.717) is 31.4 Å². The van der Waals surface area contributed by atoms with Crippen LogP contribution in [0.5, 0.6) is 0 Å². The highest BCUT2D eigenvalue weighted by Crippen LogP contribution is 2.23. The fraction of sp³-hybridized carbons (Fsp3) is 0.429. The Labute approximate surface area is 119 Å². The van der Waals surface area contributed by atoms with Gasteiger partial charge in [0.2, 0.25) is 0 Å². The fourth-order valence-corrected chi connectivity index (χ4v) is 2.45. The molecule has 1 aromatic rings. The number of carbonyl (C=O) groups is 2. The van der Waals surface area contributed by atoms with Crippen LogP contribution >= 0.6 is 0 Å². The van der Waals surface area contributed by atoms with Gasteiger partial charge in [0.1, 0.15) is 29.1 Å². The molecule has 1 fully saturated rings. The highest BCUT2D eigenvalue weighted by atomic mass is 19.1. The summed E-state index contributed by atoms with van der Waals surface area (Å²) < 4.78 is 44.9. The average Bonchev–Trinajstić information content (AvgIpc) is 2.45. The maximum atomic E-state index is 13.7. The normalized spacial score (nSPS) is 18.5. The van der Waals surface area contributed by atoms with E-state index in [1.807, 2.05) is 0 Å². The first-order valence-corrected chi connectivity index (χ1v) is 6.49. The Morgan fingerprint density at radius 3 is 2.38 bits per heavy atom. The lowest BCUT2D eigenvalue weighted by molar-refractivity contribution is -0.147. The number of methoxy groups -OCH3 is 1. The van der Waals surface area contributed by atoms with E-state index >= 15 is 0 Å². The van der Waals surface area contributed by atoms with E-state index in [-0.39, 0.29) is 6.54 Å². The Bertz CT molecular complexity index is 554. The van der Waals surface area contributed by atoms with Crippen molar-refractivity contribution in [3.05, 3.63) is 35.1 Å². The van der Waals surface area contributed by atoms with Gasteiger partial charge in [-0.3, -0.25) is 4.79 Å². The molecule has 4 nitrogen and oxygen atoms in total. The second kappa shape index (κ2) is 6.15. The number of hydrogen-bond donors (Lipinski definition) is 0. The van der Waals surface area contributed by atoms with Crippen molar-refractivity contribution in [2.45, 2.75) is 25.3 Å². The van der Waals surface area contributed by atoms with E-state index < -0.39 is 40.9 Å². The number of likely N-dealkylation sites (tertiary alicyclic amines) is 1. The van der Waals surface area contributed by atoms with Gasteiger partial charge in [-0.05, 0) is 19.3 Å². The first-order valence-electron chi connectivity index (χ1n) is 6.49. The summed E-state index contributed by atoms with van der Waals surface area (Å²) in [7, 11) is 1.18. The van der Waals surface area contributed by atoms with Crippen molar-refractivity contribution < 1.29 is 27.5 Å². The van der Waals surface area contributed by atoms with Crippen LogP contribution < -0.4 is 0 Å². The summed E-state index contributed by atoms with van der Waals surface area (Å²) in [4.78, 5) is 25.1. The zero-order valence-corrected chi connectivity index (χ0v) is 11.4. The van der Waals surface area contributed by atoms with Gasteiger partial charge in [-0.25, -0.2) is 18.0 Å². The minimum Gasteiger partial charge on any atom is -0.467 e. The van der Waals surface area contributed by atoms with Crippen LogP contribution in [0.15, 0.2) is 12.1 Å². The Morgan fingerprint density at radius 1 is 1.19 bits per heavy atom. The number of hydrogen-bond acceptors (Lipinski definition) is 3. The monoisotopic (exact) mass is 301 g/mol. The molecule has 0 bridgehead atoms. The van der Waals surface area contributed by atoms with Gasteiger partial charge in [-0.2, -0.15) is 0 Å². The predicted molar refractivity (Wildman–Crippen MR) is 67.0 cm³/mol. The number of carbonyl (C=O) groups excluding carboxylic acids is 2. The largest absolute Gasteiger partial charge is 0.467 e. The minimum atomic E-state index is -1.29. The molecular formula is C14H14F3NO3. The number of piperidine rings is 1. The molecule has 1 aliphatic heterocycles. The molecule has 0 saturated carbocycles. The number of ether oxygens (including phenoxy) is 1. The predicted octanol–water partition coefficient (Wildman–Crippen LogP) is 2.27. The SMILES string of the molecule is COC(=O)C1CCCCN1C(=O)c1c(F)cc(F)cc1F. The smallest absolute Gasteiger partial charge is 0.328 e. The molecule has 0 aromatic heterocycles. The zero-order valence-electron chi connectivity index (χ0n) is 11.4. The lowest BCUT2D eigenvalue weighted by Crippen LogP contribution is -2.48. The topological polar surface area (TPSA) is 46.6 Å². The number of rotatable bonds is 2. The zero-order chi connectivity index (χ0) is 15.6. The molecule has 0 aliphatic carbocycles. The standard InChI is InChI=1S/C14H14F3NO3/c1-21-14(20)11-4-2-3-5-18(11)13(19)12-9(16)6-8(15)7-10(12)17/h6-7,11H,2-5H2,1H3. The molecule has 0 N–H and O–H groups in total. The van der Waals surface area contributed by atoms with Crippen LogP contribution in [-0.2, 0) is 9.53 Å². The van der Waals surface area contributed by atoms with Crippen molar-refractivity contribution in [2.24, 2.45) is 0 Å². The van der Waals surface area contributed by atoms with Crippen LogP contribution in [0.4, 0.5) is 13.2 Å². The van der Waals surface area contributed by atoms with Crippen LogP contribution in [0, 0.1) is 17.5 Å². The molecule has 1 unspecified atom stereocenters. The van der Waals surface area contributed by atoms with Gasteiger partial charge in [0.25, 0.3) is 5.91 Å². The van der Waals surface area contributed by atoms with E-state index in [4.69, 9.17) is 0 Å². The van der Waals surface area contributed by atoms with Gasteiger partial charge in [-0.1, -0.05) is 0 Å². The van der Waals surface area contributed by atoms with E-state index in [9.17, 15) is 22.8 Å². The third kappa shape index (κ3) is 3.01. The number of benzene rings is 1. The fourth-order valence-electron chi connectivity index (χ4n) is 2.45. The molecule has 2 rings (SSSR count). The first-order chi connectivity index (χ1) is 9.95. The Kier molecular flexibility index (Phi) is 4.50. The van der Waals surface area contributed by atoms with Gasteiger partial charge < -0.3 is 9.64 Å². The van der Waals surface area contributed by atoms with Crippen LogP contribution in [0.1, 0.15) is 29.6 Å². The molecule has 1 aromatic carbocycles. The number of nitrogens with zero attached hydrogens (tertiary/aromatic N) is 1. The number of halogens is 3. The summed E-state index contributed by atoms with van der Waals surface area (Å²) >= 11 is 0. The maximum absolute atomic E-state index is 13.7. The van der Waals surface area contributed by atoms with Crippen LogP contribution in [0.25, 0.3) is 0 Å². The van der Waals surface area contributed by atoms with E-state index in [1.54, 1.807) is 0 Å². The average molecular weight is 301 g/mol. The summed E-state index contributed by atoms with van der Waals surface area (Å²) in [5, 5.41) is 0. The molecule has 0 spiro atoms. The third-order valence-electron chi connectivity index (χ3n) is 3.46. The van der Waals surface area contributed by atoms with Gasteiger partial charge in [0, 0.05) is 18.7 Å². The quantitative estimate of drug-likeness (QED) is 0.787. The third-order valence-corrected chi connectivity index (χ3v) is 3.46. The number of esters is 1. The van der Waals surface area contributed by atoms with Crippen molar-refractivity contribution in [1.82, 2.24) is 4.90 Å². The summed E-state index contributed by atoms with van der Waals surface area (Å²) in [6, 6.07) is 0.000906. The molecule has 1 heterocycles. The van der Waals surface area contributed by atoms with Crippen molar-refractivity contribution in [2.75, 3.05) is 13.7 Å². The minimum absolute atomic E-state index is 0.189. The second-order valence-corrected chi connectivity index (χ2v) is 4.78. The van der Waals surface area contributed by atoms with Crippen molar-refractivity contribution in [1.29, 1.82) is 0 Å². The van der Waals surface area contributed by atoms with Crippen LogP contribution in [-0.4, -0.2) is 36.5 Å². The molecule has 0 radical (unpaired) electrons. The van der Waals surface area contributed by atoms with Crippen molar-refractivity contribution in [3.63, 3.8) is 0 Å². The van der Waals surface area contributed by atoms with Gasteiger partial charge >= 0.3 is 5.97 Å². The van der Waals surface area contributed by atoms with E-state index in [1.165, 1.54) is 7.11 Å². The second-order valence-electron chi connectivity index (χ2n) is 4.78. The molecule has 1 amide bonds. The number of amides is 1. The van der Waals surface area contributed by atoms with E-state index in [0.717, 1.165) is 4.90 Å². The molecule has 7 heteroatoms. The van der Waals surface area contributed by atoms with Crippen molar-refractivity contribution >= 4 is 11.9 Å². The van der Waals surface area contributed by atoms with Gasteiger partial charge in [-0.15, -0.1) is 0 Å². The summed E-state index contributed by atoms with van der Waals surface area (Å²) in [6.45, 7) is 0.189. The van der Waals surface area contributed by atoms with Crippen LogP contribution in [0.3, 0.4) is 0 Å². The van der Waals surface area contributed by atoms with Gasteiger partial charge in [0.05, 0.1) is 7.11 Å². The Morgan fingerprint density at radius 2 is 1.81 bits per heavy atom. The Hall–Kier alpha value is -2.05. The highest BCUT2D eigenvalue weighted by molar-refractivity contribution is 5.97. The lowest BCUT2D eigenvalue weighted by Gasteiger charge is -2.33. The first kappa shape index (κ1) is 15.3. The summed E-state index contributed by atoms with van der Waals surface area (Å²) in [6.07, 6.45) is 1.68. The maximum Gasteiger partial charge on any atom is 0.328 e. The molecule has 1 saturated heterocycles.